The highest BCUT2D eigenvalue weighted by Gasteiger charge is 2.24. The van der Waals surface area contributed by atoms with Crippen LogP contribution in [0.15, 0.2) is 61.1 Å². The van der Waals surface area contributed by atoms with Crippen molar-refractivity contribution in [3.63, 3.8) is 0 Å². The van der Waals surface area contributed by atoms with Crippen molar-refractivity contribution in [2.45, 2.75) is 44.9 Å². The topological polar surface area (TPSA) is 67.5 Å². The number of halogens is 1. The average Bonchev–Trinajstić information content (AvgIpc) is 3.42. The second kappa shape index (κ2) is 13.8. The van der Waals surface area contributed by atoms with Crippen LogP contribution in [0.25, 0.3) is 0 Å². The number of imidazole rings is 1. The van der Waals surface area contributed by atoms with E-state index in [1.165, 1.54) is 17.5 Å². The molecule has 1 N–H and O–H groups in total. The third kappa shape index (κ3) is 7.76. The number of H-pyrrole nitrogens is 1. The number of carbonyl (C=O) groups is 1. The average molecular weight is 498 g/mol. The molecule has 1 amide bonds. The van der Waals surface area contributed by atoms with Gasteiger partial charge in [-0.2, -0.15) is 0 Å². The van der Waals surface area contributed by atoms with Crippen LogP contribution in [0.3, 0.4) is 0 Å². The van der Waals surface area contributed by atoms with Crippen LogP contribution in [0.2, 0.25) is 0 Å². The number of nitrogens with one attached hydrogen (secondary N) is 1. The van der Waals surface area contributed by atoms with E-state index < -0.39 is 0 Å². The van der Waals surface area contributed by atoms with Crippen molar-refractivity contribution in [1.29, 1.82) is 0 Å². The van der Waals surface area contributed by atoms with Gasteiger partial charge in [0.25, 0.3) is 5.91 Å². The molecule has 2 aromatic carbocycles. The highest BCUT2D eigenvalue weighted by Crippen LogP contribution is 2.31. The van der Waals surface area contributed by atoms with Gasteiger partial charge in [0.2, 0.25) is 0 Å². The maximum Gasteiger partial charge on any atom is 0.271 e. The summed E-state index contributed by atoms with van der Waals surface area (Å²) in [6.45, 7) is 2.26. The summed E-state index contributed by atoms with van der Waals surface area (Å²) >= 11 is 0. The number of unbranched alkanes of at least 4 members (excludes halogenated alkanes) is 2. The van der Waals surface area contributed by atoms with E-state index in [0.717, 1.165) is 63.1 Å². The summed E-state index contributed by atoms with van der Waals surface area (Å²) in [4.78, 5) is 21.3. The van der Waals surface area contributed by atoms with Crippen LogP contribution >= 0.6 is 12.4 Å². The van der Waals surface area contributed by atoms with E-state index in [-0.39, 0.29) is 18.3 Å². The van der Waals surface area contributed by atoms with Gasteiger partial charge in [0.05, 0.1) is 26.2 Å². The first-order chi connectivity index (χ1) is 16.7. The predicted octanol–water partition coefficient (Wildman–Crippen LogP) is 5.73. The zero-order chi connectivity index (χ0) is 23.6. The van der Waals surface area contributed by atoms with E-state index >= 15 is 0 Å². The maximum atomic E-state index is 12.5. The number of hydrogen-bond acceptors (Lipinski definition) is 4. The third-order valence-electron chi connectivity index (χ3n) is 6.59. The number of methoxy groups -OCH3 is 1. The molecule has 0 radical (unpaired) electrons. The fourth-order valence-electron chi connectivity index (χ4n) is 4.61. The van der Waals surface area contributed by atoms with Crippen LogP contribution in [-0.2, 0) is 12.8 Å². The van der Waals surface area contributed by atoms with Crippen LogP contribution in [0, 0.1) is 5.92 Å². The molecule has 0 unspecified atom stereocenters. The molecule has 1 aliphatic heterocycles. The Labute approximate surface area is 214 Å². The first-order valence-electron chi connectivity index (χ1n) is 12.3. The smallest absolute Gasteiger partial charge is 0.271 e. The number of aromatic amines is 1. The highest BCUT2D eigenvalue weighted by molar-refractivity contribution is 5.92. The number of piperidine rings is 1. The van der Waals surface area contributed by atoms with Crippen molar-refractivity contribution in [3.05, 3.63) is 77.9 Å². The molecule has 0 atom stereocenters. The number of hydrogen-bond donors (Lipinski definition) is 1. The van der Waals surface area contributed by atoms with Crippen molar-refractivity contribution in [3.8, 4) is 11.5 Å². The Bertz CT molecular complexity index is 1020. The van der Waals surface area contributed by atoms with E-state index in [4.69, 9.17) is 9.47 Å². The molecule has 1 aromatic heterocycles. The summed E-state index contributed by atoms with van der Waals surface area (Å²) in [5.41, 5.74) is 3.22. The Morgan fingerprint density at radius 2 is 1.83 bits per heavy atom. The fraction of sp³-hybridized carbons (Fsp3) is 0.429. The van der Waals surface area contributed by atoms with Crippen LogP contribution < -0.4 is 9.47 Å². The summed E-state index contributed by atoms with van der Waals surface area (Å²) < 4.78 is 11.6. The van der Waals surface area contributed by atoms with Crippen LogP contribution in [-0.4, -0.2) is 47.6 Å². The van der Waals surface area contributed by atoms with Gasteiger partial charge in [0.15, 0.2) is 11.5 Å². The number of benzene rings is 2. The highest BCUT2D eigenvalue weighted by atomic mass is 35.5. The van der Waals surface area contributed by atoms with Crippen LogP contribution in [0.5, 0.6) is 11.5 Å². The second-order valence-corrected chi connectivity index (χ2v) is 9.03. The molecule has 4 rings (SSSR count). The Morgan fingerprint density at radius 1 is 1.03 bits per heavy atom. The summed E-state index contributed by atoms with van der Waals surface area (Å²) in [6.07, 6.45) is 10.6. The molecule has 1 fully saturated rings. The van der Waals surface area contributed by atoms with E-state index in [0.29, 0.717) is 18.2 Å². The molecule has 0 aliphatic carbocycles. The minimum atomic E-state index is 0. The minimum Gasteiger partial charge on any atom is -0.493 e. The number of amides is 1. The van der Waals surface area contributed by atoms with Gasteiger partial charge in [-0.25, -0.2) is 4.98 Å². The molecule has 2 heterocycles. The van der Waals surface area contributed by atoms with Gasteiger partial charge in [-0.1, -0.05) is 36.4 Å². The van der Waals surface area contributed by atoms with Crippen molar-refractivity contribution in [2.75, 3.05) is 26.8 Å². The quantitative estimate of drug-likeness (QED) is 0.344. The number of aryl methyl sites for hydroxylation is 1. The number of likely N-dealkylation sites (tertiary alicyclic amines) is 1. The largest absolute Gasteiger partial charge is 0.493 e. The van der Waals surface area contributed by atoms with E-state index in [1.807, 2.05) is 11.0 Å². The lowest BCUT2D eigenvalue weighted by atomic mass is 9.90. The molecule has 7 heteroatoms. The van der Waals surface area contributed by atoms with E-state index in [1.54, 1.807) is 19.6 Å². The Hall–Kier alpha value is -2.99. The van der Waals surface area contributed by atoms with Gasteiger partial charge in [0.1, 0.15) is 5.69 Å². The van der Waals surface area contributed by atoms with Gasteiger partial charge in [0, 0.05) is 13.1 Å². The molecule has 1 saturated heterocycles. The van der Waals surface area contributed by atoms with E-state index in [2.05, 4.69) is 52.4 Å². The molecule has 6 nitrogen and oxygen atoms in total. The van der Waals surface area contributed by atoms with Crippen molar-refractivity contribution in [2.24, 2.45) is 5.92 Å². The Morgan fingerprint density at radius 3 is 2.54 bits per heavy atom. The zero-order valence-electron chi connectivity index (χ0n) is 20.4. The van der Waals surface area contributed by atoms with E-state index in [9.17, 15) is 4.79 Å². The fourth-order valence-corrected chi connectivity index (χ4v) is 4.61. The number of nitrogens with zero attached hydrogens (tertiary/aromatic N) is 2. The second-order valence-electron chi connectivity index (χ2n) is 9.03. The Balaban J connectivity index is 0.00000342. The molecular formula is C28H36ClN3O3. The van der Waals surface area contributed by atoms with Crippen LogP contribution in [0.1, 0.15) is 53.7 Å². The molecule has 1 aliphatic rings. The number of aromatic nitrogens is 2. The van der Waals surface area contributed by atoms with Gasteiger partial charge in [-0.15, -0.1) is 12.4 Å². The van der Waals surface area contributed by atoms with Crippen molar-refractivity contribution in [1.82, 2.24) is 14.9 Å². The maximum absolute atomic E-state index is 12.5. The molecular weight excluding hydrogens is 462 g/mol. The molecule has 35 heavy (non-hydrogen) atoms. The van der Waals surface area contributed by atoms with Crippen LogP contribution in [0.4, 0.5) is 0 Å². The first-order valence-corrected chi connectivity index (χ1v) is 12.3. The molecule has 0 saturated carbocycles. The minimum absolute atomic E-state index is 0. The monoisotopic (exact) mass is 497 g/mol. The van der Waals surface area contributed by atoms with Gasteiger partial charge in [-0.05, 0) is 74.1 Å². The normalized spacial score (nSPS) is 13.8. The predicted molar refractivity (Wildman–Crippen MR) is 141 cm³/mol. The number of rotatable bonds is 11. The van der Waals surface area contributed by atoms with Gasteiger partial charge < -0.3 is 19.4 Å². The van der Waals surface area contributed by atoms with Crippen molar-refractivity contribution >= 4 is 18.3 Å². The molecule has 0 spiro atoms. The summed E-state index contributed by atoms with van der Waals surface area (Å²) in [6, 6.07) is 16.9. The first kappa shape index (κ1) is 26.6. The summed E-state index contributed by atoms with van der Waals surface area (Å²) in [5.74, 6) is 2.22. The SMILES string of the molecule is COc1ccc(CC2CCN(C(=O)c3cnc[nH]3)CC2)cc1OCCCCCc1ccccc1.Cl. The molecule has 3 aromatic rings. The summed E-state index contributed by atoms with van der Waals surface area (Å²) in [5, 5.41) is 0. The van der Waals surface area contributed by atoms with Gasteiger partial charge in [-0.3, -0.25) is 4.79 Å². The van der Waals surface area contributed by atoms with Gasteiger partial charge >= 0.3 is 0 Å². The standard InChI is InChI=1S/C28H35N3O3.ClH/c1-33-26-12-11-24(18-23-13-15-31(16-14-23)28(32)25-20-29-21-30-25)19-27(26)34-17-7-3-6-10-22-8-4-2-5-9-22;/h2,4-5,8-9,11-12,19-21,23H,3,6-7,10,13-18H2,1H3,(H,29,30);1H. The number of carbonyl (C=O) groups excluding carboxylic acids is 1. The summed E-state index contributed by atoms with van der Waals surface area (Å²) in [7, 11) is 1.69. The zero-order valence-corrected chi connectivity index (χ0v) is 21.3. The number of ether oxygens (including phenoxy) is 2. The lowest BCUT2D eigenvalue weighted by molar-refractivity contribution is 0.0685. The lowest BCUT2D eigenvalue weighted by Crippen LogP contribution is -2.39. The van der Waals surface area contributed by atoms with Crippen molar-refractivity contribution < 1.29 is 14.3 Å². The lowest BCUT2D eigenvalue weighted by Gasteiger charge is -2.31. The molecule has 188 valence electrons. The Kier molecular flexibility index (Phi) is 10.5. The molecule has 0 bridgehead atoms. The third-order valence-corrected chi connectivity index (χ3v) is 6.59.